The summed E-state index contributed by atoms with van der Waals surface area (Å²) in [4.78, 5) is -0.746. The highest BCUT2D eigenvalue weighted by Crippen LogP contribution is 2.16. The molecule has 2 N–H and O–H groups in total. The van der Waals surface area contributed by atoms with E-state index in [1.165, 1.54) is 0 Å². The molecule has 2 aromatic carbocycles. The number of halogens is 2. The van der Waals surface area contributed by atoms with E-state index in [9.17, 15) is 17.2 Å². The molecule has 21 heavy (non-hydrogen) atoms. The van der Waals surface area contributed by atoms with Gasteiger partial charge in [-0.15, -0.1) is 0 Å². The van der Waals surface area contributed by atoms with Crippen LogP contribution in [0.5, 0.6) is 0 Å². The molecule has 0 aromatic heterocycles. The first-order valence-electron chi connectivity index (χ1n) is 6.06. The van der Waals surface area contributed by atoms with Crippen LogP contribution < -0.4 is 4.72 Å². The molecular weight excluding hydrogens is 300 g/mol. The Morgan fingerprint density at radius 2 is 1.71 bits per heavy atom. The molecule has 0 unspecified atom stereocenters. The van der Waals surface area contributed by atoms with Crippen LogP contribution in [0.3, 0.4) is 0 Å². The average Bonchev–Trinajstić information content (AvgIpc) is 2.48. The molecule has 2 rings (SSSR count). The third kappa shape index (κ3) is 3.63. The maximum atomic E-state index is 13.5. The lowest BCUT2D eigenvalue weighted by Crippen LogP contribution is -2.25. The van der Waals surface area contributed by atoms with Gasteiger partial charge in [0.1, 0.15) is 16.5 Å². The molecule has 0 saturated heterocycles. The Morgan fingerprint density at radius 3 is 2.38 bits per heavy atom. The van der Waals surface area contributed by atoms with Gasteiger partial charge in [-0.25, -0.2) is 21.9 Å². The molecule has 0 spiro atoms. The Labute approximate surface area is 121 Å². The number of aliphatic hydroxyl groups excluding tert-OH is 1. The van der Waals surface area contributed by atoms with Crippen LogP contribution in [0.15, 0.2) is 47.4 Å². The fraction of sp³-hybridized carbons (Fsp3) is 0.143. The monoisotopic (exact) mass is 313 g/mol. The first kappa shape index (κ1) is 15.6. The zero-order chi connectivity index (χ0) is 15.5. The number of nitrogens with one attached hydrogen (secondary N) is 1. The van der Waals surface area contributed by atoms with Crippen LogP contribution in [0.2, 0.25) is 0 Å². The molecule has 0 bridgehead atoms. The lowest BCUT2D eigenvalue weighted by molar-refractivity contribution is 0.280. The maximum absolute atomic E-state index is 13.5. The highest BCUT2D eigenvalue weighted by Gasteiger charge is 2.20. The van der Waals surface area contributed by atoms with Crippen LogP contribution in [0.25, 0.3) is 0 Å². The summed E-state index contributed by atoms with van der Waals surface area (Å²) < 4.78 is 52.8. The minimum absolute atomic E-state index is 0.130. The third-order valence-electron chi connectivity index (χ3n) is 2.92. The molecule has 0 fully saturated rings. The molecule has 0 heterocycles. The summed E-state index contributed by atoms with van der Waals surface area (Å²) in [7, 11) is -4.18. The third-order valence-corrected chi connectivity index (χ3v) is 4.34. The molecule has 0 atom stereocenters. The number of aliphatic hydroxyl groups is 1. The SMILES string of the molecule is O=S(=O)(NCc1ccccc1CO)c1cc(F)ccc1F. The van der Waals surface area contributed by atoms with Crippen LogP contribution in [0.1, 0.15) is 11.1 Å². The zero-order valence-corrected chi connectivity index (χ0v) is 11.7. The van der Waals surface area contributed by atoms with Crippen molar-refractivity contribution in [3.63, 3.8) is 0 Å². The number of rotatable bonds is 5. The van der Waals surface area contributed by atoms with E-state index in [4.69, 9.17) is 5.11 Å². The van der Waals surface area contributed by atoms with Crippen LogP contribution in [-0.2, 0) is 23.2 Å². The highest BCUT2D eigenvalue weighted by molar-refractivity contribution is 7.89. The Kier molecular flexibility index (Phi) is 4.66. The summed E-state index contributed by atoms with van der Waals surface area (Å²) in [6.07, 6.45) is 0. The normalized spacial score (nSPS) is 11.6. The Morgan fingerprint density at radius 1 is 1.05 bits per heavy atom. The highest BCUT2D eigenvalue weighted by atomic mass is 32.2. The number of hydrogen-bond donors (Lipinski definition) is 2. The second kappa shape index (κ2) is 6.30. The summed E-state index contributed by atoms with van der Waals surface area (Å²) in [5.74, 6) is -1.87. The van der Waals surface area contributed by atoms with E-state index in [1.807, 2.05) is 0 Å². The van der Waals surface area contributed by atoms with E-state index in [0.29, 0.717) is 17.2 Å². The van der Waals surface area contributed by atoms with E-state index < -0.39 is 26.6 Å². The van der Waals surface area contributed by atoms with Crippen molar-refractivity contribution in [2.75, 3.05) is 0 Å². The molecule has 0 aliphatic heterocycles. The molecule has 0 aliphatic carbocycles. The number of hydrogen-bond acceptors (Lipinski definition) is 3. The van der Waals surface area contributed by atoms with Crippen molar-refractivity contribution < 1.29 is 22.3 Å². The molecule has 0 aliphatic rings. The van der Waals surface area contributed by atoms with Gasteiger partial charge in [-0.05, 0) is 29.3 Å². The summed E-state index contributed by atoms with van der Waals surface area (Å²) in [6, 6.07) is 8.89. The minimum Gasteiger partial charge on any atom is -0.392 e. The smallest absolute Gasteiger partial charge is 0.243 e. The van der Waals surface area contributed by atoms with Crippen LogP contribution in [0.4, 0.5) is 8.78 Å². The van der Waals surface area contributed by atoms with Gasteiger partial charge < -0.3 is 5.11 Å². The molecule has 4 nitrogen and oxygen atoms in total. The topological polar surface area (TPSA) is 66.4 Å². The molecule has 2 aromatic rings. The first-order valence-corrected chi connectivity index (χ1v) is 7.54. The molecule has 112 valence electrons. The molecular formula is C14H13F2NO3S. The predicted molar refractivity (Wildman–Crippen MR) is 72.7 cm³/mol. The van der Waals surface area contributed by atoms with Crippen molar-refractivity contribution in [2.45, 2.75) is 18.0 Å². The van der Waals surface area contributed by atoms with Gasteiger partial charge in [0.2, 0.25) is 10.0 Å². The Hall–Kier alpha value is -1.83. The van der Waals surface area contributed by atoms with Gasteiger partial charge in [0.05, 0.1) is 6.61 Å². The summed E-state index contributed by atoms with van der Waals surface area (Å²) in [5.41, 5.74) is 1.11. The second-order valence-corrected chi connectivity index (χ2v) is 6.06. The zero-order valence-electron chi connectivity index (χ0n) is 10.9. The van der Waals surface area contributed by atoms with Crippen molar-refractivity contribution in [2.24, 2.45) is 0 Å². The minimum atomic E-state index is -4.18. The van der Waals surface area contributed by atoms with Gasteiger partial charge in [0.25, 0.3) is 0 Å². The van der Waals surface area contributed by atoms with Crippen LogP contribution in [-0.4, -0.2) is 13.5 Å². The van der Waals surface area contributed by atoms with Gasteiger partial charge >= 0.3 is 0 Å². The maximum Gasteiger partial charge on any atom is 0.243 e. The van der Waals surface area contributed by atoms with E-state index in [1.54, 1.807) is 24.3 Å². The number of benzene rings is 2. The lowest BCUT2D eigenvalue weighted by Gasteiger charge is -2.10. The average molecular weight is 313 g/mol. The first-order chi connectivity index (χ1) is 9.94. The van der Waals surface area contributed by atoms with E-state index in [0.717, 1.165) is 12.1 Å². The van der Waals surface area contributed by atoms with Crippen molar-refractivity contribution in [1.82, 2.24) is 4.72 Å². The molecule has 0 amide bonds. The second-order valence-electron chi connectivity index (χ2n) is 4.33. The van der Waals surface area contributed by atoms with Crippen LogP contribution >= 0.6 is 0 Å². The van der Waals surface area contributed by atoms with Gasteiger partial charge in [-0.2, -0.15) is 0 Å². The predicted octanol–water partition coefficient (Wildman–Crippen LogP) is 1.94. The van der Waals surface area contributed by atoms with Crippen molar-refractivity contribution in [3.8, 4) is 0 Å². The quantitative estimate of drug-likeness (QED) is 0.886. The van der Waals surface area contributed by atoms with Gasteiger partial charge in [-0.1, -0.05) is 24.3 Å². The fourth-order valence-electron chi connectivity index (χ4n) is 1.82. The Bertz CT molecular complexity index is 748. The van der Waals surface area contributed by atoms with Gasteiger partial charge in [0, 0.05) is 6.54 Å². The van der Waals surface area contributed by atoms with Crippen molar-refractivity contribution in [1.29, 1.82) is 0 Å². The van der Waals surface area contributed by atoms with Crippen molar-refractivity contribution in [3.05, 3.63) is 65.2 Å². The molecule has 0 radical (unpaired) electrons. The van der Waals surface area contributed by atoms with Crippen molar-refractivity contribution >= 4 is 10.0 Å². The van der Waals surface area contributed by atoms with Gasteiger partial charge in [0.15, 0.2) is 0 Å². The lowest BCUT2D eigenvalue weighted by atomic mass is 10.1. The van der Waals surface area contributed by atoms with Crippen LogP contribution in [0, 0.1) is 11.6 Å². The summed E-state index contributed by atoms with van der Waals surface area (Å²) in [5, 5.41) is 9.16. The Balaban J connectivity index is 2.24. The standard InChI is InChI=1S/C14H13F2NO3S/c15-12-5-6-13(16)14(7-12)21(19,20)17-8-10-3-1-2-4-11(10)9-18/h1-7,17-18H,8-9H2. The molecule has 7 heteroatoms. The summed E-state index contributed by atoms with van der Waals surface area (Å²) >= 11 is 0. The molecule has 0 saturated carbocycles. The van der Waals surface area contributed by atoms with E-state index in [-0.39, 0.29) is 13.2 Å². The van der Waals surface area contributed by atoms with E-state index >= 15 is 0 Å². The van der Waals surface area contributed by atoms with Gasteiger partial charge in [-0.3, -0.25) is 0 Å². The summed E-state index contributed by atoms with van der Waals surface area (Å²) in [6.45, 7) is -0.374. The number of sulfonamides is 1. The largest absolute Gasteiger partial charge is 0.392 e. The fourth-order valence-corrected chi connectivity index (χ4v) is 2.91. The van der Waals surface area contributed by atoms with E-state index in [2.05, 4.69) is 4.72 Å².